The van der Waals surface area contributed by atoms with Gasteiger partial charge in [0.2, 0.25) is 0 Å². The van der Waals surface area contributed by atoms with Crippen molar-refractivity contribution in [2.75, 3.05) is 6.61 Å². The topological polar surface area (TPSA) is 47.9 Å². The van der Waals surface area contributed by atoms with Crippen LogP contribution in [0.5, 0.6) is 0 Å². The number of aliphatic hydroxyl groups is 1. The van der Waals surface area contributed by atoms with Gasteiger partial charge in [-0.25, -0.2) is 0 Å². The Morgan fingerprint density at radius 2 is 1.70 bits per heavy atom. The van der Waals surface area contributed by atoms with E-state index in [2.05, 4.69) is 18.7 Å². The average Bonchev–Trinajstić information content (AvgIpc) is 2.76. The standard InChI is InChI=1S/C26H34O4/c1-3-11-24-26(2,27)25(29-20-22-14-8-5-9-15-22)18-23(30-24)16-10-17-28-19-21-12-6-4-7-13-21/h3-9,12-15,23-25,27H,1,10-11,16-20H2,2H3/t23-,24-,25+,26-/m0/s1. The first kappa shape index (κ1) is 22.7. The molecule has 1 saturated heterocycles. The molecule has 1 fully saturated rings. The lowest BCUT2D eigenvalue weighted by molar-refractivity contribution is -0.235. The number of hydrogen-bond acceptors (Lipinski definition) is 4. The average molecular weight is 411 g/mol. The van der Waals surface area contributed by atoms with Gasteiger partial charge in [-0.15, -0.1) is 6.58 Å². The second-order valence-corrected chi connectivity index (χ2v) is 8.20. The molecule has 1 aliphatic heterocycles. The molecule has 1 aliphatic rings. The Balaban J connectivity index is 1.50. The van der Waals surface area contributed by atoms with Gasteiger partial charge >= 0.3 is 0 Å². The molecular formula is C26H34O4. The van der Waals surface area contributed by atoms with Crippen LogP contribution in [0.15, 0.2) is 73.3 Å². The van der Waals surface area contributed by atoms with Crippen LogP contribution in [-0.2, 0) is 27.4 Å². The highest BCUT2D eigenvalue weighted by atomic mass is 16.5. The summed E-state index contributed by atoms with van der Waals surface area (Å²) in [4.78, 5) is 0. The van der Waals surface area contributed by atoms with Crippen LogP contribution in [0.2, 0.25) is 0 Å². The fourth-order valence-electron chi connectivity index (χ4n) is 3.93. The lowest BCUT2D eigenvalue weighted by Crippen LogP contribution is -2.58. The molecule has 0 unspecified atom stereocenters. The number of benzene rings is 2. The molecule has 3 rings (SSSR count). The minimum atomic E-state index is -1.05. The zero-order chi connectivity index (χ0) is 21.2. The Kier molecular flexibility index (Phi) is 8.64. The van der Waals surface area contributed by atoms with E-state index >= 15 is 0 Å². The van der Waals surface area contributed by atoms with Crippen molar-refractivity contribution in [3.63, 3.8) is 0 Å². The molecule has 0 bridgehead atoms. The molecule has 0 spiro atoms. The summed E-state index contributed by atoms with van der Waals surface area (Å²) in [6.07, 6.45) is 4.29. The van der Waals surface area contributed by atoms with Crippen molar-refractivity contribution in [3.05, 3.63) is 84.4 Å². The summed E-state index contributed by atoms with van der Waals surface area (Å²) in [6, 6.07) is 20.3. The largest absolute Gasteiger partial charge is 0.385 e. The molecule has 2 aromatic carbocycles. The fraction of sp³-hybridized carbons (Fsp3) is 0.462. The first-order chi connectivity index (χ1) is 14.6. The van der Waals surface area contributed by atoms with E-state index in [4.69, 9.17) is 14.2 Å². The van der Waals surface area contributed by atoms with E-state index in [1.54, 1.807) is 6.08 Å². The second kappa shape index (κ2) is 11.4. The zero-order valence-corrected chi connectivity index (χ0v) is 17.9. The third-order valence-corrected chi connectivity index (χ3v) is 5.74. The smallest absolute Gasteiger partial charge is 0.114 e. The van der Waals surface area contributed by atoms with Crippen LogP contribution in [0.3, 0.4) is 0 Å². The van der Waals surface area contributed by atoms with Crippen molar-refractivity contribution in [2.24, 2.45) is 0 Å². The van der Waals surface area contributed by atoms with E-state index in [0.717, 1.165) is 18.4 Å². The number of hydrogen-bond donors (Lipinski definition) is 1. The highest BCUT2D eigenvalue weighted by Gasteiger charge is 2.46. The molecular weight excluding hydrogens is 376 g/mol. The molecule has 0 aromatic heterocycles. The minimum absolute atomic E-state index is 0.0382. The van der Waals surface area contributed by atoms with Gasteiger partial charge in [-0.2, -0.15) is 0 Å². The van der Waals surface area contributed by atoms with Crippen LogP contribution in [0.4, 0.5) is 0 Å². The molecule has 4 atom stereocenters. The highest BCUT2D eigenvalue weighted by Crippen LogP contribution is 2.35. The molecule has 162 valence electrons. The van der Waals surface area contributed by atoms with Gasteiger partial charge in [-0.1, -0.05) is 66.7 Å². The van der Waals surface area contributed by atoms with E-state index in [1.165, 1.54) is 5.56 Å². The predicted octanol–water partition coefficient (Wildman–Crippen LogP) is 5.05. The lowest BCUT2D eigenvalue weighted by atomic mass is 9.83. The summed E-state index contributed by atoms with van der Waals surface area (Å²) < 4.78 is 18.2. The van der Waals surface area contributed by atoms with Crippen LogP contribution >= 0.6 is 0 Å². The van der Waals surface area contributed by atoms with Gasteiger partial charge < -0.3 is 19.3 Å². The van der Waals surface area contributed by atoms with Crippen LogP contribution in [0, 0.1) is 0 Å². The Bertz CT molecular complexity index is 744. The van der Waals surface area contributed by atoms with Crippen molar-refractivity contribution < 1.29 is 19.3 Å². The fourth-order valence-corrected chi connectivity index (χ4v) is 3.93. The Hall–Kier alpha value is -1.98. The second-order valence-electron chi connectivity index (χ2n) is 8.20. The lowest BCUT2D eigenvalue weighted by Gasteiger charge is -2.46. The predicted molar refractivity (Wildman–Crippen MR) is 119 cm³/mol. The van der Waals surface area contributed by atoms with Crippen LogP contribution < -0.4 is 0 Å². The van der Waals surface area contributed by atoms with Crippen LogP contribution in [0.25, 0.3) is 0 Å². The van der Waals surface area contributed by atoms with E-state index in [-0.39, 0.29) is 18.3 Å². The highest BCUT2D eigenvalue weighted by molar-refractivity contribution is 5.14. The van der Waals surface area contributed by atoms with E-state index < -0.39 is 5.60 Å². The summed E-state index contributed by atoms with van der Waals surface area (Å²) in [5, 5.41) is 11.1. The van der Waals surface area contributed by atoms with Crippen molar-refractivity contribution in [3.8, 4) is 0 Å². The molecule has 1 N–H and O–H groups in total. The molecule has 30 heavy (non-hydrogen) atoms. The maximum atomic E-state index is 11.1. The zero-order valence-electron chi connectivity index (χ0n) is 17.9. The van der Waals surface area contributed by atoms with Crippen LogP contribution in [-0.4, -0.2) is 35.6 Å². The molecule has 0 aliphatic carbocycles. The quantitative estimate of drug-likeness (QED) is 0.416. The van der Waals surface area contributed by atoms with Gasteiger partial charge in [0.1, 0.15) is 5.60 Å². The van der Waals surface area contributed by atoms with E-state index in [0.29, 0.717) is 32.7 Å². The molecule has 2 aromatic rings. The SMILES string of the molecule is C=CC[C@@H]1O[C@@H](CCCOCc2ccccc2)C[C@@H](OCc2ccccc2)[C@@]1(C)O. The third kappa shape index (κ3) is 6.51. The van der Waals surface area contributed by atoms with Crippen LogP contribution in [0.1, 0.15) is 43.7 Å². The number of rotatable bonds is 11. The van der Waals surface area contributed by atoms with Crippen molar-refractivity contribution in [1.82, 2.24) is 0 Å². The van der Waals surface area contributed by atoms with Crippen molar-refractivity contribution in [2.45, 2.75) is 69.7 Å². The third-order valence-electron chi connectivity index (χ3n) is 5.74. The van der Waals surface area contributed by atoms with Gasteiger partial charge in [-0.05, 0) is 37.3 Å². The van der Waals surface area contributed by atoms with Gasteiger partial charge in [0.15, 0.2) is 0 Å². The van der Waals surface area contributed by atoms with E-state index in [9.17, 15) is 5.11 Å². The molecule has 1 heterocycles. The van der Waals surface area contributed by atoms with Gasteiger partial charge in [-0.3, -0.25) is 0 Å². The summed E-state index contributed by atoms with van der Waals surface area (Å²) in [7, 11) is 0. The molecule has 0 amide bonds. The van der Waals surface area contributed by atoms with E-state index in [1.807, 2.05) is 55.5 Å². The summed E-state index contributed by atoms with van der Waals surface area (Å²) in [5.41, 5.74) is 1.23. The Morgan fingerprint density at radius 3 is 2.33 bits per heavy atom. The number of ether oxygens (including phenoxy) is 3. The Labute approximate surface area is 180 Å². The summed E-state index contributed by atoms with van der Waals surface area (Å²) >= 11 is 0. The van der Waals surface area contributed by atoms with Gasteiger partial charge in [0, 0.05) is 13.0 Å². The minimum Gasteiger partial charge on any atom is -0.385 e. The molecule has 4 heteroatoms. The molecule has 0 radical (unpaired) electrons. The van der Waals surface area contributed by atoms with Gasteiger partial charge in [0.25, 0.3) is 0 Å². The maximum absolute atomic E-state index is 11.1. The summed E-state index contributed by atoms with van der Waals surface area (Å²) in [6.45, 7) is 7.44. The van der Waals surface area contributed by atoms with Crippen molar-refractivity contribution >= 4 is 0 Å². The molecule has 0 saturated carbocycles. The van der Waals surface area contributed by atoms with Gasteiger partial charge in [0.05, 0.1) is 31.5 Å². The first-order valence-corrected chi connectivity index (χ1v) is 10.9. The maximum Gasteiger partial charge on any atom is 0.114 e. The first-order valence-electron chi connectivity index (χ1n) is 10.9. The summed E-state index contributed by atoms with van der Waals surface area (Å²) in [5.74, 6) is 0. The Morgan fingerprint density at radius 1 is 1.07 bits per heavy atom. The normalized spacial score (nSPS) is 26.4. The van der Waals surface area contributed by atoms with Crippen molar-refractivity contribution in [1.29, 1.82) is 0 Å². The molecule has 4 nitrogen and oxygen atoms in total. The monoisotopic (exact) mass is 410 g/mol.